The molecule has 15 heteroatoms. The Morgan fingerprint density at radius 3 is 2.05 bits per heavy atom. The molecule has 58 heavy (non-hydrogen) atoms. The van der Waals surface area contributed by atoms with E-state index < -0.39 is 96.0 Å². The van der Waals surface area contributed by atoms with Gasteiger partial charge in [0.15, 0.2) is 30.8 Å². The van der Waals surface area contributed by atoms with E-state index in [1.807, 2.05) is 6.08 Å². The summed E-state index contributed by atoms with van der Waals surface area (Å²) in [7, 11) is 0. The van der Waals surface area contributed by atoms with Crippen LogP contribution in [0.4, 0.5) is 0 Å². The molecule has 0 aromatic heterocycles. The van der Waals surface area contributed by atoms with Crippen molar-refractivity contribution < 1.29 is 74.2 Å². The number of hydrogen-bond donors (Lipinski definition) is 8. The maximum Gasteiger partial charge on any atom is 0.335 e. The largest absolute Gasteiger partial charge is 0.479 e. The van der Waals surface area contributed by atoms with Gasteiger partial charge < -0.3 is 59.8 Å². The molecule has 4 saturated carbocycles. The number of aliphatic carboxylic acids is 1. The fourth-order valence-electron chi connectivity index (χ4n) is 13.6. The van der Waals surface area contributed by atoms with Crippen molar-refractivity contribution in [3.05, 3.63) is 11.6 Å². The van der Waals surface area contributed by atoms with Crippen LogP contribution in [0.25, 0.3) is 0 Å². The predicted molar refractivity (Wildman–Crippen MR) is 203 cm³/mol. The van der Waals surface area contributed by atoms with Crippen molar-refractivity contribution in [2.75, 3.05) is 0 Å². The molecule has 8 N–H and O–H groups in total. The molecule has 0 aromatic rings. The molecule has 328 valence electrons. The Kier molecular flexibility index (Phi) is 11.1. The van der Waals surface area contributed by atoms with Gasteiger partial charge in [-0.15, -0.1) is 0 Å². The van der Waals surface area contributed by atoms with E-state index in [-0.39, 0.29) is 45.6 Å². The van der Waals surface area contributed by atoms with Crippen LogP contribution in [0.5, 0.6) is 0 Å². The zero-order chi connectivity index (χ0) is 42.9. The molecule has 0 bridgehead atoms. The van der Waals surface area contributed by atoms with Gasteiger partial charge in [-0.2, -0.15) is 0 Å². The lowest BCUT2D eigenvalue weighted by molar-refractivity contribution is -0.385. The monoisotopic (exact) mass is 822 g/mol. The van der Waals surface area contributed by atoms with Crippen molar-refractivity contribution in [3.63, 3.8) is 0 Å². The number of carbonyl (C=O) groups excluding carboxylic acids is 2. The van der Waals surface area contributed by atoms with Gasteiger partial charge in [0.05, 0.1) is 6.10 Å². The number of carboxylic acids is 1. The number of allylic oxidation sites excluding steroid dienone is 2. The SMILES string of the molecule is CC(=O)[C@@]1(C)CC[C@]2(C)CC[C@]3(C)C(=CC(=O)[C@@H]4[C@@]5(C)CC[C@H](OC6O[C@H](C(O)O)[C@@H](O)[C@H](O)[C@H]6O[C@@H]6O[C@H](C(=O)O)[C@@H](O)[C@H](O)[C@H]6O)C(C)(C)[C@@H]5CC[C@]43C)[C@@H]2C1. The highest BCUT2D eigenvalue weighted by atomic mass is 16.8. The summed E-state index contributed by atoms with van der Waals surface area (Å²) in [6.07, 6.45) is -12.6. The van der Waals surface area contributed by atoms with Gasteiger partial charge in [-0.3, -0.25) is 9.59 Å². The molecule has 2 heterocycles. The van der Waals surface area contributed by atoms with E-state index in [0.717, 1.165) is 44.9 Å². The van der Waals surface area contributed by atoms with Crippen molar-refractivity contribution in [2.45, 2.75) is 187 Å². The zero-order valence-corrected chi connectivity index (χ0v) is 35.0. The average Bonchev–Trinajstić information content (AvgIpc) is 3.13. The molecule has 0 amide bonds. The molecule has 2 saturated heterocycles. The molecule has 19 atom stereocenters. The molecule has 5 aliphatic carbocycles. The van der Waals surface area contributed by atoms with Crippen LogP contribution in [0, 0.1) is 50.2 Å². The Morgan fingerprint density at radius 2 is 1.43 bits per heavy atom. The van der Waals surface area contributed by atoms with Crippen LogP contribution in [0.2, 0.25) is 0 Å². The molecule has 6 fully saturated rings. The number of aliphatic hydroxyl groups is 7. The van der Waals surface area contributed by atoms with Crippen LogP contribution in [-0.4, -0.2) is 132 Å². The van der Waals surface area contributed by atoms with E-state index in [9.17, 15) is 55.2 Å². The summed E-state index contributed by atoms with van der Waals surface area (Å²) in [6.45, 7) is 17.1. The van der Waals surface area contributed by atoms with Crippen LogP contribution in [-0.2, 0) is 33.3 Å². The minimum Gasteiger partial charge on any atom is -0.479 e. The normalized spacial score (nSPS) is 52.8. The molecule has 0 spiro atoms. The smallest absolute Gasteiger partial charge is 0.335 e. The first-order chi connectivity index (χ1) is 26.8. The Morgan fingerprint density at radius 1 is 0.776 bits per heavy atom. The number of Topliss-reactive ketones (excluding diaryl/α,β-unsaturated/α-hetero) is 1. The molecule has 7 rings (SSSR count). The topological polar surface area (TPSA) is 250 Å². The van der Waals surface area contributed by atoms with Gasteiger partial charge in [-0.05, 0) is 110 Å². The van der Waals surface area contributed by atoms with Crippen molar-refractivity contribution in [1.29, 1.82) is 0 Å². The molecule has 0 radical (unpaired) electrons. The van der Waals surface area contributed by atoms with Gasteiger partial charge in [0, 0.05) is 11.3 Å². The van der Waals surface area contributed by atoms with Gasteiger partial charge in [0.25, 0.3) is 0 Å². The van der Waals surface area contributed by atoms with Crippen molar-refractivity contribution >= 4 is 17.5 Å². The minimum absolute atomic E-state index is 0.0277. The Balaban J connectivity index is 1.17. The van der Waals surface area contributed by atoms with E-state index in [1.165, 1.54) is 5.57 Å². The lowest BCUT2D eigenvalue weighted by atomic mass is 9.33. The summed E-state index contributed by atoms with van der Waals surface area (Å²) >= 11 is 0. The highest BCUT2D eigenvalue weighted by Crippen LogP contribution is 2.75. The second-order valence-electron chi connectivity index (χ2n) is 21.0. The first-order valence-electron chi connectivity index (χ1n) is 21.2. The molecule has 0 aromatic carbocycles. The summed E-state index contributed by atoms with van der Waals surface area (Å²) in [5, 5.41) is 83.3. The number of aliphatic hydroxyl groups excluding tert-OH is 6. The lowest BCUT2D eigenvalue weighted by Gasteiger charge is -2.70. The molecular weight excluding hydrogens is 756 g/mol. The van der Waals surface area contributed by atoms with Gasteiger partial charge in [-0.1, -0.05) is 54.0 Å². The highest BCUT2D eigenvalue weighted by molar-refractivity contribution is 5.95. The fourth-order valence-corrected chi connectivity index (χ4v) is 13.6. The average molecular weight is 823 g/mol. The summed E-state index contributed by atoms with van der Waals surface area (Å²) in [4.78, 5) is 39.6. The first-order valence-corrected chi connectivity index (χ1v) is 21.2. The van der Waals surface area contributed by atoms with Gasteiger partial charge in [0.1, 0.15) is 48.5 Å². The zero-order valence-electron chi connectivity index (χ0n) is 35.0. The fraction of sp³-hybridized carbons (Fsp3) is 0.884. The summed E-state index contributed by atoms with van der Waals surface area (Å²) in [5.41, 5.74) is -0.860. The molecule has 2 aliphatic heterocycles. The quantitative estimate of drug-likeness (QED) is 0.135. The lowest BCUT2D eigenvalue weighted by Crippen LogP contribution is -2.68. The molecule has 7 aliphatic rings. The Bertz CT molecular complexity index is 1680. The van der Waals surface area contributed by atoms with Crippen LogP contribution >= 0.6 is 0 Å². The third kappa shape index (κ3) is 6.43. The number of ether oxygens (including phenoxy) is 4. The van der Waals surface area contributed by atoms with Crippen LogP contribution in [0.1, 0.15) is 113 Å². The van der Waals surface area contributed by atoms with E-state index in [0.29, 0.717) is 12.8 Å². The maximum atomic E-state index is 14.9. The maximum absolute atomic E-state index is 14.9. The molecule has 15 nitrogen and oxygen atoms in total. The first kappa shape index (κ1) is 44.2. The summed E-state index contributed by atoms with van der Waals surface area (Å²) in [6, 6.07) is 0. The number of carboxylic acid groups (broad SMARTS) is 1. The Labute approximate surface area is 340 Å². The number of hydrogen-bond acceptors (Lipinski definition) is 14. The standard InChI is InChI=1S/C43H66O15/c1-19(44)40(5)14-13-39(4)15-16-42(7)20(21(39)18-40)17-22(45)33-41(6)11-10-24(38(2,3)23(41)9-12-43(33,42)8)55-37-32(28(49)27(48)31(57-37)35(53)54)58-36-29(50)25(46)26(47)30(56-36)34(51)52/h17,21,23-33,35-37,46-50,53-54H,9-16,18H2,1-8H3,(H,51,52)/t21-,23-,24-,25-,26-,27-,28-,29+,30-,31-,32+,33+,36-,37?,39+,40-,41-,42+,43+/m0/s1. The van der Waals surface area contributed by atoms with E-state index in [4.69, 9.17) is 18.9 Å². The second kappa shape index (κ2) is 14.6. The number of carbonyl (C=O) groups is 3. The summed E-state index contributed by atoms with van der Waals surface area (Å²) in [5.74, 6) is -1.50. The van der Waals surface area contributed by atoms with Crippen LogP contribution < -0.4 is 0 Å². The van der Waals surface area contributed by atoms with Crippen LogP contribution in [0.15, 0.2) is 11.6 Å². The number of fused-ring (bicyclic) bond motifs is 7. The van der Waals surface area contributed by atoms with Crippen LogP contribution in [0.3, 0.4) is 0 Å². The van der Waals surface area contributed by atoms with Crippen molar-refractivity contribution in [1.82, 2.24) is 0 Å². The van der Waals surface area contributed by atoms with E-state index >= 15 is 0 Å². The highest BCUT2D eigenvalue weighted by Gasteiger charge is 2.70. The van der Waals surface area contributed by atoms with Crippen molar-refractivity contribution in [2.24, 2.45) is 50.2 Å². The second-order valence-corrected chi connectivity index (χ2v) is 21.0. The predicted octanol–water partition coefficient (Wildman–Crippen LogP) is 1.98. The summed E-state index contributed by atoms with van der Waals surface area (Å²) < 4.78 is 23.6. The third-order valence-corrected chi connectivity index (χ3v) is 17.6. The minimum atomic E-state index is -2.25. The Hall–Kier alpha value is -1.89. The van der Waals surface area contributed by atoms with Gasteiger partial charge in [-0.25, -0.2) is 4.79 Å². The molecule has 1 unspecified atom stereocenters. The molecular formula is C43H66O15. The number of ketones is 2. The van der Waals surface area contributed by atoms with E-state index in [1.54, 1.807) is 6.92 Å². The number of rotatable bonds is 7. The van der Waals surface area contributed by atoms with E-state index in [2.05, 4.69) is 48.5 Å². The van der Waals surface area contributed by atoms with Crippen molar-refractivity contribution in [3.8, 4) is 0 Å². The van der Waals surface area contributed by atoms with Gasteiger partial charge >= 0.3 is 5.97 Å². The third-order valence-electron chi connectivity index (χ3n) is 17.6. The van der Waals surface area contributed by atoms with Gasteiger partial charge in [0.2, 0.25) is 0 Å².